The predicted molar refractivity (Wildman–Crippen MR) is 184 cm³/mol. The van der Waals surface area contributed by atoms with Crippen molar-refractivity contribution >= 4 is 33.8 Å². The number of nitrogens with two attached hydrogens (primary N) is 2. The molecule has 0 aromatic carbocycles. The number of nitrogen functional groups attached to an aromatic ring is 1. The molecule has 4 atom stereocenters. The maximum Gasteiger partial charge on any atom is 0.226 e. The van der Waals surface area contributed by atoms with Crippen LogP contribution < -0.4 is 21.1 Å². The van der Waals surface area contributed by atoms with Crippen molar-refractivity contribution in [2.24, 2.45) is 5.73 Å². The first kappa shape index (κ1) is 31.7. The van der Waals surface area contributed by atoms with Crippen LogP contribution in [0.15, 0.2) is 24.0 Å². The lowest BCUT2D eigenvalue weighted by molar-refractivity contribution is -0.122. The predicted octanol–water partition coefficient (Wildman–Crippen LogP) is 3.59. The zero-order chi connectivity index (χ0) is 33.9. The number of aromatic nitrogens is 4. The Labute approximate surface area is 289 Å². The van der Waals surface area contributed by atoms with Gasteiger partial charge in [0, 0.05) is 35.9 Å². The third-order valence-corrected chi connectivity index (χ3v) is 12.4. The number of carbonyl (C=O) groups is 1. The number of likely N-dealkylation sites (tertiary alicyclic amines) is 1. The number of anilines is 2. The Hall–Kier alpha value is -4.56. The Morgan fingerprint density at radius 2 is 2.00 bits per heavy atom. The van der Waals surface area contributed by atoms with Gasteiger partial charge in [-0.25, -0.2) is 15.0 Å². The number of nitriles is 1. The fraction of sp³-hybridized carbons (Fsp3) is 0.500. The van der Waals surface area contributed by atoms with E-state index in [2.05, 4.69) is 38.8 Å². The minimum Gasteiger partial charge on any atom is -0.459 e. The molecule has 0 unspecified atom stereocenters. The van der Waals surface area contributed by atoms with E-state index in [9.17, 15) is 10.1 Å². The summed E-state index contributed by atoms with van der Waals surface area (Å²) >= 11 is 1.43. The van der Waals surface area contributed by atoms with Gasteiger partial charge in [0.2, 0.25) is 11.8 Å². The lowest BCUT2D eigenvalue weighted by atomic mass is 9.61. The van der Waals surface area contributed by atoms with Crippen molar-refractivity contribution in [2.75, 3.05) is 37.4 Å². The van der Waals surface area contributed by atoms with Gasteiger partial charge in [0.25, 0.3) is 0 Å². The zero-order valence-electron chi connectivity index (χ0n) is 27.6. The van der Waals surface area contributed by atoms with Gasteiger partial charge in [0.1, 0.15) is 16.6 Å². The average Bonchev–Trinajstić information content (AvgIpc) is 3.92. The minimum atomic E-state index is -0.843. The van der Waals surface area contributed by atoms with Crippen molar-refractivity contribution < 1.29 is 14.3 Å². The highest BCUT2D eigenvalue weighted by Crippen LogP contribution is 2.53. The molecule has 12 nitrogen and oxygen atoms in total. The van der Waals surface area contributed by atoms with Crippen LogP contribution in [0.1, 0.15) is 84.5 Å². The first-order valence-corrected chi connectivity index (χ1v) is 17.9. The van der Waals surface area contributed by atoms with E-state index in [1.807, 2.05) is 0 Å². The summed E-state index contributed by atoms with van der Waals surface area (Å²) in [7, 11) is 2.06. The number of likely N-dealkylation sites (N-methyl/N-ethyl adjacent to an activating group) is 1. The number of Topliss-reactive ketones (excluding diaryl/α,β-unsaturated/α-hetero) is 1. The minimum absolute atomic E-state index is 0.0289. The van der Waals surface area contributed by atoms with Crippen LogP contribution >= 0.6 is 11.3 Å². The zero-order valence-corrected chi connectivity index (χ0v) is 28.4. The van der Waals surface area contributed by atoms with E-state index in [1.165, 1.54) is 11.3 Å². The smallest absolute Gasteiger partial charge is 0.226 e. The molecule has 5 aliphatic rings. The number of rotatable bonds is 5. The summed E-state index contributed by atoms with van der Waals surface area (Å²) < 4.78 is 12.7. The molecule has 3 aromatic heterocycles. The van der Waals surface area contributed by atoms with Gasteiger partial charge >= 0.3 is 0 Å². The molecule has 6 heterocycles. The number of terminal acetylenes is 1. The van der Waals surface area contributed by atoms with E-state index < -0.39 is 17.1 Å². The van der Waals surface area contributed by atoms with Gasteiger partial charge in [-0.2, -0.15) is 10.2 Å². The third-order valence-electron chi connectivity index (χ3n) is 11.3. The number of nitrogens with zero attached hydrogens (tertiary/aromatic N) is 7. The number of carbonyl (C=O) groups excluding carboxylic acids is 1. The van der Waals surface area contributed by atoms with Gasteiger partial charge in [-0.15, -0.1) is 17.8 Å². The maximum atomic E-state index is 14.7. The lowest BCUT2D eigenvalue weighted by Crippen LogP contribution is -2.44. The Balaban J connectivity index is 1.27. The van der Waals surface area contributed by atoms with Crippen molar-refractivity contribution in [1.29, 1.82) is 5.26 Å². The van der Waals surface area contributed by atoms with E-state index in [4.69, 9.17) is 37.3 Å². The van der Waals surface area contributed by atoms with Gasteiger partial charge in [0.15, 0.2) is 17.7 Å². The monoisotopic (exact) mass is 677 g/mol. The Morgan fingerprint density at radius 1 is 1.20 bits per heavy atom. The molecule has 13 heteroatoms. The summed E-state index contributed by atoms with van der Waals surface area (Å²) in [4.78, 5) is 39.4. The lowest BCUT2D eigenvalue weighted by Gasteiger charge is -2.40. The van der Waals surface area contributed by atoms with Crippen LogP contribution in [0.3, 0.4) is 0 Å². The topological polar surface area (TPSA) is 169 Å². The van der Waals surface area contributed by atoms with Gasteiger partial charge in [-0.1, -0.05) is 5.92 Å². The molecule has 0 radical (unpaired) electrons. The van der Waals surface area contributed by atoms with E-state index >= 15 is 0 Å². The van der Waals surface area contributed by atoms with Crippen molar-refractivity contribution in [3.63, 3.8) is 0 Å². The van der Waals surface area contributed by atoms with Crippen molar-refractivity contribution in [2.45, 2.75) is 87.4 Å². The third kappa shape index (κ3) is 4.82. The Morgan fingerprint density at radius 3 is 2.69 bits per heavy atom. The summed E-state index contributed by atoms with van der Waals surface area (Å²) in [6.45, 7) is 2.24. The molecule has 2 saturated heterocycles. The summed E-state index contributed by atoms with van der Waals surface area (Å²) in [5.74, 6) is 3.95. The summed E-state index contributed by atoms with van der Waals surface area (Å²) in [5, 5.41) is 10.6. The van der Waals surface area contributed by atoms with Crippen LogP contribution in [0.25, 0.3) is 5.70 Å². The Bertz CT molecular complexity index is 1940. The molecule has 49 heavy (non-hydrogen) atoms. The fourth-order valence-electron chi connectivity index (χ4n) is 8.87. The molecule has 4 N–H and O–H groups in total. The van der Waals surface area contributed by atoms with Crippen LogP contribution in [-0.2, 0) is 33.5 Å². The average molecular weight is 678 g/mol. The molecule has 8 rings (SSSR count). The van der Waals surface area contributed by atoms with E-state index in [0.29, 0.717) is 73.4 Å². The summed E-state index contributed by atoms with van der Waals surface area (Å²) in [6, 6.07) is 4.11. The number of ketones is 1. The van der Waals surface area contributed by atoms with E-state index in [0.717, 1.165) is 60.3 Å². The van der Waals surface area contributed by atoms with Gasteiger partial charge in [-0.05, 0) is 76.6 Å². The van der Waals surface area contributed by atoms with Gasteiger partial charge in [-0.3, -0.25) is 9.69 Å². The molecule has 252 valence electrons. The summed E-state index contributed by atoms with van der Waals surface area (Å²) in [6.07, 6.45) is 15.7. The second-order valence-corrected chi connectivity index (χ2v) is 14.9. The molecule has 2 aliphatic carbocycles. The molecular formula is C36H39N9O3S. The van der Waals surface area contributed by atoms with Crippen LogP contribution in [0, 0.1) is 23.7 Å². The first-order valence-electron chi connectivity index (χ1n) is 17.0. The van der Waals surface area contributed by atoms with E-state index in [-0.39, 0.29) is 23.3 Å². The summed E-state index contributed by atoms with van der Waals surface area (Å²) in [5.41, 5.74) is 15.3. The van der Waals surface area contributed by atoms with Crippen molar-refractivity contribution in [3.8, 4) is 24.3 Å². The highest BCUT2D eigenvalue weighted by Gasteiger charge is 2.53. The highest BCUT2D eigenvalue weighted by atomic mass is 32.1. The number of aryl methyl sites for hydroxylation is 1. The molecule has 1 saturated carbocycles. The number of fused-ring (bicyclic) bond motifs is 4. The van der Waals surface area contributed by atoms with Gasteiger partial charge in [0.05, 0.1) is 47.1 Å². The van der Waals surface area contributed by atoms with Crippen LogP contribution in [0.5, 0.6) is 5.88 Å². The number of ether oxygens (including phenoxy) is 2. The molecular weight excluding hydrogens is 639 g/mol. The molecule has 0 amide bonds. The largest absolute Gasteiger partial charge is 0.459 e. The quantitative estimate of drug-likeness (QED) is 0.298. The maximum absolute atomic E-state index is 14.7. The SMILES string of the molecule is C#C[C@H](Oc1nc(/C(N)=C2\CCC[C@@]3(CCCc4sc(N)c(C#N)c43)C2=O)nc2c1CN(c1ncccn1)[C@]21CCOC1)[C@@H]1CCCN1C. The van der Waals surface area contributed by atoms with Crippen LogP contribution in [-0.4, -0.2) is 69.6 Å². The van der Waals surface area contributed by atoms with Crippen LogP contribution in [0.2, 0.25) is 0 Å². The molecule has 3 aliphatic heterocycles. The number of hydrogen-bond donors (Lipinski definition) is 2. The number of hydrogen-bond acceptors (Lipinski definition) is 13. The number of thiophene rings is 1. The molecule has 2 spiro atoms. The fourth-order valence-corrected chi connectivity index (χ4v) is 10.0. The molecule has 0 bridgehead atoms. The van der Waals surface area contributed by atoms with E-state index in [1.54, 1.807) is 18.5 Å². The Kier molecular flexibility index (Phi) is 7.82. The van der Waals surface area contributed by atoms with Crippen molar-refractivity contribution in [3.05, 3.63) is 57.1 Å². The standard InChI is InChI=1S/C36H39N9O3S/c1-3-25(24-9-6-16-44(24)2)48-33-23-19-45(34-40-14-7-15-41-34)36(13-17-47-20-36)29(23)42-32(43-33)28(38)21-8-4-11-35(30(21)46)12-5-10-26-27(35)22(18-37)31(39)49-26/h1,7,14-15,24-25H,4-6,8-13,16-17,19-20,38-39H2,2H3/b28-21-/t24-,25-,35-,36-/m0/s1. The highest BCUT2D eigenvalue weighted by molar-refractivity contribution is 7.16. The van der Waals surface area contributed by atoms with Crippen LogP contribution in [0.4, 0.5) is 10.9 Å². The van der Waals surface area contributed by atoms with Gasteiger partial charge < -0.3 is 25.8 Å². The van der Waals surface area contributed by atoms with Crippen molar-refractivity contribution in [1.82, 2.24) is 24.8 Å². The first-order chi connectivity index (χ1) is 23.8. The second-order valence-electron chi connectivity index (χ2n) is 13.8. The normalized spacial score (nSPS) is 27.9. The second kappa shape index (κ2) is 12.1. The molecule has 3 fully saturated rings. The molecule has 3 aromatic rings. The number of allylic oxidation sites excluding steroid dienone is 1.